The van der Waals surface area contributed by atoms with Gasteiger partial charge in [0.1, 0.15) is 0 Å². The summed E-state index contributed by atoms with van der Waals surface area (Å²) < 4.78 is 2.19. The molecular formula is C13H24N2O3. The SMILES string of the molecule is CCCCCCCC(C)n1ccnc1.O=C(O)O. The van der Waals surface area contributed by atoms with Crippen LogP contribution in [0.25, 0.3) is 0 Å². The van der Waals surface area contributed by atoms with Crippen LogP contribution in [-0.2, 0) is 0 Å². The first-order valence-corrected chi connectivity index (χ1v) is 6.47. The smallest absolute Gasteiger partial charge is 0.450 e. The van der Waals surface area contributed by atoms with E-state index in [1.54, 1.807) is 0 Å². The molecule has 0 radical (unpaired) electrons. The average molecular weight is 256 g/mol. The van der Waals surface area contributed by atoms with Gasteiger partial charge in [-0.05, 0) is 13.3 Å². The van der Waals surface area contributed by atoms with Crippen LogP contribution in [0.2, 0.25) is 0 Å². The normalized spacial score (nSPS) is 11.4. The number of carbonyl (C=O) groups is 1. The molecule has 0 saturated carbocycles. The Balaban J connectivity index is 0.000000631. The molecule has 0 amide bonds. The highest BCUT2D eigenvalue weighted by Crippen LogP contribution is 2.15. The van der Waals surface area contributed by atoms with Crippen molar-refractivity contribution in [2.24, 2.45) is 0 Å². The quantitative estimate of drug-likeness (QED) is 0.722. The number of imidazole rings is 1. The van der Waals surface area contributed by atoms with Crippen LogP contribution < -0.4 is 0 Å². The summed E-state index contributed by atoms with van der Waals surface area (Å²) in [4.78, 5) is 12.6. The van der Waals surface area contributed by atoms with Crippen molar-refractivity contribution >= 4 is 6.16 Å². The van der Waals surface area contributed by atoms with E-state index in [-0.39, 0.29) is 0 Å². The Morgan fingerprint density at radius 1 is 1.28 bits per heavy atom. The van der Waals surface area contributed by atoms with Crippen molar-refractivity contribution in [3.63, 3.8) is 0 Å². The van der Waals surface area contributed by atoms with Gasteiger partial charge in [0, 0.05) is 18.4 Å². The van der Waals surface area contributed by atoms with E-state index in [1.165, 1.54) is 38.5 Å². The molecular weight excluding hydrogens is 232 g/mol. The van der Waals surface area contributed by atoms with E-state index in [0.29, 0.717) is 6.04 Å². The van der Waals surface area contributed by atoms with Crippen molar-refractivity contribution in [2.75, 3.05) is 0 Å². The first-order chi connectivity index (χ1) is 8.57. The van der Waals surface area contributed by atoms with Gasteiger partial charge in [-0.2, -0.15) is 0 Å². The standard InChI is InChI=1S/C12H22N2.CH2O3/c1-3-4-5-6-7-8-12(2)14-10-9-13-11-14;2-1(3)4/h9-12H,3-8H2,1-2H3;(H2,2,3,4). The van der Waals surface area contributed by atoms with Crippen LogP contribution in [0.3, 0.4) is 0 Å². The molecule has 0 bridgehead atoms. The van der Waals surface area contributed by atoms with E-state index in [2.05, 4.69) is 29.6 Å². The van der Waals surface area contributed by atoms with Crippen molar-refractivity contribution in [2.45, 2.75) is 58.4 Å². The lowest BCUT2D eigenvalue weighted by Crippen LogP contribution is -2.01. The van der Waals surface area contributed by atoms with Crippen molar-refractivity contribution in [1.82, 2.24) is 9.55 Å². The highest BCUT2D eigenvalue weighted by atomic mass is 16.6. The van der Waals surface area contributed by atoms with Crippen LogP contribution in [0.1, 0.15) is 58.4 Å². The highest BCUT2D eigenvalue weighted by Gasteiger charge is 2.02. The summed E-state index contributed by atoms with van der Waals surface area (Å²) in [5, 5.41) is 13.9. The topological polar surface area (TPSA) is 75.4 Å². The zero-order valence-electron chi connectivity index (χ0n) is 11.2. The Kier molecular flexibility index (Phi) is 9.73. The lowest BCUT2D eigenvalue weighted by atomic mass is 10.1. The molecule has 0 saturated heterocycles. The van der Waals surface area contributed by atoms with E-state index < -0.39 is 6.16 Å². The summed E-state index contributed by atoms with van der Waals surface area (Å²) in [6, 6.07) is 0.610. The summed E-state index contributed by atoms with van der Waals surface area (Å²) >= 11 is 0. The van der Waals surface area contributed by atoms with Gasteiger partial charge in [-0.25, -0.2) is 9.78 Å². The lowest BCUT2D eigenvalue weighted by Gasteiger charge is -2.12. The van der Waals surface area contributed by atoms with Gasteiger partial charge in [-0.3, -0.25) is 0 Å². The van der Waals surface area contributed by atoms with Crippen molar-refractivity contribution in [3.05, 3.63) is 18.7 Å². The number of hydrogen-bond acceptors (Lipinski definition) is 2. The molecule has 1 atom stereocenters. The van der Waals surface area contributed by atoms with Gasteiger partial charge < -0.3 is 14.8 Å². The number of rotatable bonds is 7. The molecule has 1 aromatic heterocycles. The maximum atomic E-state index is 8.56. The molecule has 0 aromatic carbocycles. The van der Waals surface area contributed by atoms with Crippen LogP contribution in [0.5, 0.6) is 0 Å². The number of aromatic nitrogens is 2. The summed E-state index contributed by atoms with van der Waals surface area (Å²) in [6.45, 7) is 4.52. The largest absolute Gasteiger partial charge is 0.503 e. The van der Waals surface area contributed by atoms with E-state index in [4.69, 9.17) is 15.0 Å². The first kappa shape index (κ1) is 16.5. The van der Waals surface area contributed by atoms with Gasteiger partial charge in [0.25, 0.3) is 0 Å². The number of carboxylic acid groups (broad SMARTS) is 2. The minimum absolute atomic E-state index is 0.610. The summed E-state index contributed by atoms with van der Waals surface area (Å²) in [7, 11) is 0. The molecule has 0 aliphatic rings. The molecule has 5 heteroatoms. The molecule has 104 valence electrons. The molecule has 18 heavy (non-hydrogen) atoms. The maximum Gasteiger partial charge on any atom is 0.503 e. The van der Waals surface area contributed by atoms with Gasteiger partial charge in [0.15, 0.2) is 0 Å². The van der Waals surface area contributed by atoms with E-state index in [9.17, 15) is 0 Å². The summed E-state index contributed by atoms with van der Waals surface area (Å²) in [6.07, 6.45) is 12.1. The van der Waals surface area contributed by atoms with Crippen molar-refractivity contribution < 1.29 is 15.0 Å². The second-order valence-corrected chi connectivity index (χ2v) is 4.34. The molecule has 0 aliphatic heterocycles. The second-order valence-electron chi connectivity index (χ2n) is 4.34. The Morgan fingerprint density at radius 3 is 2.39 bits per heavy atom. The summed E-state index contributed by atoms with van der Waals surface area (Å²) in [5.41, 5.74) is 0. The molecule has 0 fully saturated rings. The second kappa shape index (κ2) is 10.6. The Labute approximate surface area is 108 Å². The van der Waals surface area contributed by atoms with Gasteiger partial charge >= 0.3 is 6.16 Å². The van der Waals surface area contributed by atoms with E-state index in [0.717, 1.165) is 0 Å². The van der Waals surface area contributed by atoms with Crippen molar-refractivity contribution in [1.29, 1.82) is 0 Å². The number of unbranched alkanes of at least 4 members (excludes halogenated alkanes) is 4. The monoisotopic (exact) mass is 256 g/mol. The minimum Gasteiger partial charge on any atom is -0.450 e. The zero-order chi connectivity index (χ0) is 13.8. The van der Waals surface area contributed by atoms with Crippen molar-refractivity contribution in [3.8, 4) is 0 Å². The van der Waals surface area contributed by atoms with E-state index >= 15 is 0 Å². The molecule has 0 spiro atoms. The van der Waals surface area contributed by atoms with Crippen LogP contribution in [0.4, 0.5) is 4.79 Å². The first-order valence-electron chi connectivity index (χ1n) is 6.47. The Hall–Kier alpha value is -1.52. The fourth-order valence-electron chi connectivity index (χ4n) is 1.72. The molecule has 1 rings (SSSR count). The minimum atomic E-state index is -1.83. The number of hydrogen-bond donors (Lipinski definition) is 2. The molecule has 5 nitrogen and oxygen atoms in total. The molecule has 0 aliphatic carbocycles. The lowest BCUT2D eigenvalue weighted by molar-refractivity contribution is 0.137. The van der Waals surface area contributed by atoms with E-state index in [1.807, 2.05) is 12.5 Å². The molecule has 1 unspecified atom stereocenters. The molecule has 2 N–H and O–H groups in total. The fourth-order valence-corrected chi connectivity index (χ4v) is 1.72. The Morgan fingerprint density at radius 2 is 1.89 bits per heavy atom. The van der Waals surface area contributed by atoms with Crippen LogP contribution in [0, 0.1) is 0 Å². The van der Waals surface area contributed by atoms with Gasteiger partial charge in [0.05, 0.1) is 6.33 Å². The molecule has 1 aromatic rings. The maximum absolute atomic E-state index is 8.56. The third-order valence-corrected chi connectivity index (χ3v) is 2.76. The average Bonchev–Trinajstić information content (AvgIpc) is 2.81. The highest BCUT2D eigenvalue weighted by molar-refractivity contribution is 5.53. The van der Waals surface area contributed by atoms with Crippen LogP contribution in [0.15, 0.2) is 18.7 Å². The predicted molar refractivity (Wildman–Crippen MR) is 71.0 cm³/mol. The predicted octanol–water partition coefficient (Wildman–Crippen LogP) is 4.03. The Bertz CT molecular complexity index is 295. The van der Waals surface area contributed by atoms with Gasteiger partial charge in [0.2, 0.25) is 0 Å². The third kappa shape index (κ3) is 9.69. The summed E-state index contributed by atoms with van der Waals surface area (Å²) in [5.74, 6) is 0. The van der Waals surface area contributed by atoms with Gasteiger partial charge in [-0.1, -0.05) is 39.0 Å². The number of nitrogens with zero attached hydrogens (tertiary/aromatic N) is 2. The van der Waals surface area contributed by atoms with Crippen LogP contribution >= 0.6 is 0 Å². The van der Waals surface area contributed by atoms with Gasteiger partial charge in [-0.15, -0.1) is 0 Å². The van der Waals surface area contributed by atoms with Crippen LogP contribution in [-0.4, -0.2) is 25.9 Å². The third-order valence-electron chi connectivity index (χ3n) is 2.76. The fraction of sp³-hybridized carbons (Fsp3) is 0.692. The zero-order valence-corrected chi connectivity index (χ0v) is 11.2. The molecule has 1 heterocycles.